The molecule has 4 heteroatoms. The van der Waals surface area contributed by atoms with E-state index in [1.165, 1.54) is 0 Å². The van der Waals surface area contributed by atoms with Crippen molar-refractivity contribution in [2.45, 2.75) is 39.3 Å². The van der Waals surface area contributed by atoms with Crippen LogP contribution in [0.15, 0.2) is 30.3 Å². The molecule has 108 valence electrons. The monoisotopic (exact) mass is 274 g/mol. The summed E-state index contributed by atoms with van der Waals surface area (Å²) in [6.07, 6.45) is 0.864. The number of aliphatic hydroxyl groups is 1. The molecule has 2 rings (SSSR count). The van der Waals surface area contributed by atoms with Crippen LogP contribution in [-0.2, 0) is 19.4 Å². The predicted octanol–water partition coefficient (Wildman–Crippen LogP) is 2.37. The smallest absolute Gasteiger partial charge is 0.118 e. The summed E-state index contributed by atoms with van der Waals surface area (Å²) in [6, 6.07) is 9.86. The first-order valence-corrected chi connectivity index (χ1v) is 6.96. The molecule has 0 aliphatic carbocycles. The van der Waals surface area contributed by atoms with Crippen LogP contribution in [0.2, 0.25) is 0 Å². The average molecular weight is 274 g/mol. The third-order valence-corrected chi connectivity index (χ3v) is 3.36. The van der Waals surface area contributed by atoms with Gasteiger partial charge in [0, 0.05) is 18.7 Å². The van der Waals surface area contributed by atoms with E-state index in [0.29, 0.717) is 12.8 Å². The number of ether oxygens (including phenoxy) is 1. The Bertz CT molecular complexity index is 546. The normalized spacial score (nSPS) is 12.4. The molecule has 0 fully saturated rings. The molecule has 0 bridgehead atoms. The average Bonchev–Trinajstić information content (AvgIpc) is 2.79. The van der Waals surface area contributed by atoms with Crippen LogP contribution in [-0.4, -0.2) is 28.1 Å². The standard InChI is InChI=1S/C16H22N2O2/c1-4-18-14(9-12(2)17-18)11-15(19)10-13-5-7-16(20-3)8-6-13/h5-9,15,19H,4,10-11H2,1-3H3. The molecule has 1 unspecified atom stereocenters. The van der Waals surface area contributed by atoms with E-state index in [1.54, 1.807) is 7.11 Å². The zero-order valence-electron chi connectivity index (χ0n) is 12.3. The summed E-state index contributed by atoms with van der Waals surface area (Å²) in [6.45, 7) is 4.87. The van der Waals surface area contributed by atoms with Gasteiger partial charge >= 0.3 is 0 Å². The topological polar surface area (TPSA) is 47.3 Å². The van der Waals surface area contributed by atoms with Crippen molar-refractivity contribution in [3.8, 4) is 5.75 Å². The lowest BCUT2D eigenvalue weighted by Crippen LogP contribution is -2.16. The Kier molecular flexibility index (Phi) is 4.79. The first kappa shape index (κ1) is 14.6. The van der Waals surface area contributed by atoms with Crippen molar-refractivity contribution >= 4 is 0 Å². The van der Waals surface area contributed by atoms with Gasteiger partial charge in [0.25, 0.3) is 0 Å². The Morgan fingerprint density at radius 2 is 1.95 bits per heavy atom. The van der Waals surface area contributed by atoms with Crippen LogP contribution in [0, 0.1) is 6.92 Å². The van der Waals surface area contributed by atoms with E-state index in [2.05, 4.69) is 12.0 Å². The highest BCUT2D eigenvalue weighted by Gasteiger charge is 2.11. The predicted molar refractivity (Wildman–Crippen MR) is 79.0 cm³/mol. The maximum Gasteiger partial charge on any atom is 0.118 e. The summed E-state index contributed by atoms with van der Waals surface area (Å²) in [5.41, 5.74) is 3.20. The molecule has 1 heterocycles. The van der Waals surface area contributed by atoms with Crippen LogP contribution in [0.5, 0.6) is 5.75 Å². The Morgan fingerprint density at radius 3 is 2.55 bits per heavy atom. The van der Waals surface area contributed by atoms with Gasteiger partial charge in [0.15, 0.2) is 0 Å². The summed E-state index contributed by atoms with van der Waals surface area (Å²) in [5.74, 6) is 0.836. The fourth-order valence-corrected chi connectivity index (χ4v) is 2.38. The van der Waals surface area contributed by atoms with E-state index in [4.69, 9.17) is 4.74 Å². The van der Waals surface area contributed by atoms with E-state index in [-0.39, 0.29) is 0 Å². The van der Waals surface area contributed by atoms with Crippen LogP contribution in [0.4, 0.5) is 0 Å². The minimum atomic E-state index is -0.398. The van der Waals surface area contributed by atoms with Gasteiger partial charge in [-0.3, -0.25) is 4.68 Å². The molecule has 0 radical (unpaired) electrons. The fourth-order valence-electron chi connectivity index (χ4n) is 2.38. The second kappa shape index (κ2) is 6.57. The third-order valence-electron chi connectivity index (χ3n) is 3.36. The molecule has 1 N–H and O–H groups in total. The van der Waals surface area contributed by atoms with Gasteiger partial charge in [-0.25, -0.2) is 0 Å². The molecule has 0 aliphatic heterocycles. The first-order valence-electron chi connectivity index (χ1n) is 6.96. The zero-order chi connectivity index (χ0) is 14.5. The number of benzene rings is 1. The van der Waals surface area contributed by atoms with Gasteiger partial charge in [-0.05, 0) is 44.0 Å². The number of aromatic nitrogens is 2. The molecule has 1 aromatic carbocycles. The molecule has 2 aromatic rings. The third kappa shape index (κ3) is 3.61. The van der Waals surface area contributed by atoms with E-state index in [9.17, 15) is 5.11 Å². The SMILES string of the molecule is CCn1nc(C)cc1CC(O)Cc1ccc(OC)cc1. The largest absolute Gasteiger partial charge is 0.497 e. The Hall–Kier alpha value is -1.81. The fraction of sp³-hybridized carbons (Fsp3) is 0.438. The van der Waals surface area contributed by atoms with Gasteiger partial charge in [-0.15, -0.1) is 0 Å². The number of aliphatic hydroxyl groups excluding tert-OH is 1. The highest BCUT2D eigenvalue weighted by molar-refractivity contribution is 5.27. The summed E-state index contributed by atoms with van der Waals surface area (Å²) >= 11 is 0. The molecule has 1 atom stereocenters. The molecule has 4 nitrogen and oxygen atoms in total. The maximum atomic E-state index is 10.2. The van der Waals surface area contributed by atoms with Crippen LogP contribution < -0.4 is 4.74 Å². The number of methoxy groups -OCH3 is 1. The van der Waals surface area contributed by atoms with Gasteiger partial charge in [0.05, 0.1) is 18.9 Å². The van der Waals surface area contributed by atoms with Crippen LogP contribution in [0.25, 0.3) is 0 Å². The summed E-state index contributed by atoms with van der Waals surface area (Å²) in [4.78, 5) is 0. The highest BCUT2D eigenvalue weighted by Crippen LogP contribution is 2.15. The number of aryl methyl sites for hydroxylation is 2. The van der Waals surface area contributed by atoms with E-state index >= 15 is 0 Å². The van der Waals surface area contributed by atoms with Gasteiger partial charge in [-0.2, -0.15) is 5.10 Å². The van der Waals surface area contributed by atoms with Crippen molar-refractivity contribution < 1.29 is 9.84 Å². The van der Waals surface area contributed by atoms with E-state index in [1.807, 2.05) is 41.9 Å². The van der Waals surface area contributed by atoms with Crippen LogP contribution >= 0.6 is 0 Å². The quantitative estimate of drug-likeness (QED) is 0.879. The number of hydrogen-bond acceptors (Lipinski definition) is 3. The maximum absolute atomic E-state index is 10.2. The molecular formula is C16H22N2O2. The molecule has 0 aliphatic rings. The Balaban J connectivity index is 1.98. The van der Waals surface area contributed by atoms with Crippen molar-refractivity contribution in [1.29, 1.82) is 0 Å². The van der Waals surface area contributed by atoms with Crippen molar-refractivity contribution in [3.63, 3.8) is 0 Å². The molecular weight excluding hydrogens is 252 g/mol. The Morgan fingerprint density at radius 1 is 1.25 bits per heavy atom. The highest BCUT2D eigenvalue weighted by atomic mass is 16.5. The van der Waals surface area contributed by atoms with E-state index in [0.717, 1.165) is 29.2 Å². The minimum Gasteiger partial charge on any atom is -0.497 e. The lowest BCUT2D eigenvalue weighted by atomic mass is 10.0. The van der Waals surface area contributed by atoms with Crippen LogP contribution in [0.1, 0.15) is 23.9 Å². The lowest BCUT2D eigenvalue weighted by Gasteiger charge is -2.12. The zero-order valence-corrected chi connectivity index (χ0v) is 12.3. The molecule has 0 saturated carbocycles. The van der Waals surface area contributed by atoms with Gasteiger partial charge < -0.3 is 9.84 Å². The summed E-state index contributed by atoms with van der Waals surface area (Å²) < 4.78 is 7.08. The molecule has 0 saturated heterocycles. The second-order valence-corrected chi connectivity index (χ2v) is 5.00. The number of nitrogens with zero attached hydrogens (tertiary/aromatic N) is 2. The van der Waals surface area contributed by atoms with Gasteiger partial charge in [-0.1, -0.05) is 12.1 Å². The van der Waals surface area contributed by atoms with Crippen molar-refractivity contribution in [2.24, 2.45) is 0 Å². The lowest BCUT2D eigenvalue weighted by molar-refractivity contribution is 0.172. The van der Waals surface area contributed by atoms with Crippen molar-refractivity contribution in [2.75, 3.05) is 7.11 Å². The van der Waals surface area contributed by atoms with Crippen LogP contribution in [0.3, 0.4) is 0 Å². The molecule has 0 spiro atoms. The van der Waals surface area contributed by atoms with Gasteiger partial charge in [0.2, 0.25) is 0 Å². The molecule has 1 aromatic heterocycles. The number of hydrogen-bond donors (Lipinski definition) is 1. The summed E-state index contributed by atoms with van der Waals surface area (Å²) in [7, 11) is 1.65. The minimum absolute atomic E-state index is 0.398. The van der Waals surface area contributed by atoms with Crippen molar-refractivity contribution in [3.05, 3.63) is 47.3 Å². The Labute approximate surface area is 120 Å². The molecule has 20 heavy (non-hydrogen) atoms. The summed E-state index contributed by atoms with van der Waals surface area (Å²) in [5, 5.41) is 14.6. The van der Waals surface area contributed by atoms with Crippen molar-refractivity contribution in [1.82, 2.24) is 9.78 Å². The van der Waals surface area contributed by atoms with Gasteiger partial charge in [0.1, 0.15) is 5.75 Å². The van der Waals surface area contributed by atoms with E-state index < -0.39 is 6.10 Å². The number of rotatable bonds is 6. The molecule has 0 amide bonds. The first-order chi connectivity index (χ1) is 9.62. The second-order valence-electron chi connectivity index (χ2n) is 5.00.